The number of nitrogens with one attached hydrogen (secondary N) is 2. The lowest BCUT2D eigenvalue weighted by Crippen LogP contribution is -2.67. The van der Waals surface area contributed by atoms with Crippen LogP contribution >= 0.6 is 0 Å². The first-order chi connectivity index (χ1) is 25.2. The van der Waals surface area contributed by atoms with Gasteiger partial charge in [-0.25, -0.2) is 0 Å². The number of hydrogen-bond donors (Lipinski definition) is 13. The molecule has 17 atom stereocenters. The molecule has 0 radical (unpaired) electrons. The van der Waals surface area contributed by atoms with Gasteiger partial charge in [0.15, 0.2) is 18.9 Å². The van der Waals surface area contributed by atoms with Gasteiger partial charge >= 0.3 is 0 Å². The second-order valence-electron chi connectivity index (χ2n) is 14.7. The van der Waals surface area contributed by atoms with E-state index in [0.29, 0.717) is 12.5 Å². The van der Waals surface area contributed by atoms with Crippen LogP contribution in [0.15, 0.2) is 12.2 Å². The highest BCUT2D eigenvalue weighted by molar-refractivity contribution is 5.78. The van der Waals surface area contributed by atoms with E-state index >= 15 is 0 Å². The van der Waals surface area contributed by atoms with Crippen LogP contribution in [0.4, 0.5) is 0 Å². The topological polar surface area (TPSA) is 354 Å². The van der Waals surface area contributed by atoms with E-state index in [0.717, 1.165) is 19.4 Å². The van der Waals surface area contributed by atoms with E-state index in [1.165, 1.54) is 6.92 Å². The largest absolute Gasteiger partial charge is 0.394 e. The summed E-state index contributed by atoms with van der Waals surface area (Å²) < 4.78 is 36.1. The van der Waals surface area contributed by atoms with Crippen LogP contribution in [0.25, 0.3) is 0 Å². The summed E-state index contributed by atoms with van der Waals surface area (Å²) in [5.74, 6) is -0.469. The fourth-order valence-corrected chi connectivity index (χ4v) is 6.90. The summed E-state index contributed by atoms with van der Waals surface area (Å²) in [6, 6.07) is -3.46. The van der Waals surface area contributed by atoms with Gasteiger partial charge in [0.05, 0.1) is 43.5 Å². The summed E-state index contributed by atoms with van der Waals surface area (Å²) in [5.41, 5.74) is 36.4. The number of amides is 1. The molecule has 2 aliphatic carbocycles. The number of hydrogen-bond acceptors (Lipinski definition) is 19. The fraction of sp³-hybridized carbons (Fsp3) is 0.909. The van der Waals surface area contributed by atoms with Crippen LogP contribution in [0.2, 0.25) is 0 Å². The van der Waals surface area contributed by atoms with Crippen LogP contribution in [-0.4, -0.2) is 175 Å². The van der Waals surface area contributed by atoms with Crippen molar-refractivity contribution in [3.63, 3.8) is 0 Å². The van der Waals surface area contributed by atoms with Crippen molar-refractivity contribution < 1.29 is 58.7 Å². The average molecular weight is 765 g/mol. The van der Waals surface area contributed by atoms with Crippen molar-refractivity contribution in [3.05, 3.63) is 12.2 Å². The van der Waals surface area contributed by atoms with Crippen molar-refractivity contribution in [2.45, 2.75) is 137 Å². The van der Waals surface area contributed by atoms with Gasteiger partial charge in [0.25, 0.3) is 0 Å². The van der Waals surface area contributed by atoms with Gasteiger partial charge in [-0.2, -0.15) is 0 Å². The summed E-state index contributed by atoms with van der Waals surface area (Å²) >= 11 is 0. The third-order valence-corrected chi connectivity index (χ3v) is 10.4. The van der Waals surface area contributed by atoms with Crippen LogP contribution in [0.3, 0.4) is 0 Å². The van der Waals surface area contributed by atoms with Gasteiger partial charge in [-0.3, -0.25) is 4.79 Å². The molecule has 3 fully saturated rings. The number of nitrogens with two attached hydrogens (primary N) is 6. The molecule has 19 N–H and O–H groups in total. The predicted octanol–water partition coefficient (Wildman–Crippen LogP) is -6.30. The molecule has 1 saturated heterocycles. The molecule has 0 aromatic heterocycles. The summed E-state index contributed by atoms with van der Waals surface area (Å²) in [6.07, 6.45) is -9.24. The van der Waals surface area contributed by atoms with Gasteiger partial charge in [-0.15, -0.1) is 0 Å². The molecule has 2 aliphatic heterocycles. The minimum atomic E-state index is -1.63. The predicted molar refractivity (Wildman–Crippen MR) is 189 cm³/mol. The Balaban J connectivity index is 1.52. The zero-order valence-corrected chi connectivity index (χ0v) is 30.5. The molecule has 308 valence electrons. The molecule has 4 aliphatic rings. The molecule has 2 saturated carbocycles. The molecule has 0 unspecified atom stereocenters. The molecule has 0 aromatic carbocycles. The molecule has 2 heterocycles. The van der Waals surface area contributed by atoms with Crippen LogP contribution in [0, 0.1) is 11.8 Å². The van der Waals surface area contributed by atoms with Crippen LogP contribution < -0.4 is 45.0 Å². The summed E-state index contributed by atoms with van der Waals surface area (Å²) in [6.45, 7) is 3.54. The number of ether oxygens (including phenoxy) is 6. The molecule has 0 bridgehead atoms. The monoisotopic (exact) mass is 764 g/mol. The Morgan fingerprint density at radius 2 is 1.64 bits per heavy atom. The van der Waals surface area contributed by atoms with Gasteiger partial charge in [0.1, 0.15) is 42.7 Å². The van der Waals surface area contributed by atoms with Gasteiger partial charge in [0, 0.05) is 37.6 Å². The fourth-order valence-electron chi connectivity index (χ4n) is 6.90. The minimum Gasteiger partial charge on any atom is -0.394 e. The number of aliphatic hydroxyl groups excluding tert-OH is 5. The van der Waals surface area contributed by atoms with Gasteiger partial charge in [-0.05, 0) is 38.6 Å². The van der Waals surface area contributed by atoms with Crippen molar-refractivity contribution in [2.24, 2.45) is 46.2 Å². The quantitative estimate of drug-likeness (QED) is 0.0430. The Hall–Kier alpha value is -1.51. The standard InChI is InChI=1S/C33H64N8O12/c1-14(10-34)30(47)41-21-9-20(38)28(52-31-19(37)4-3-18(50-31)13-40-12-16-7-17(36)8-16)29(25(21)44)53-33(48-6-5-42)24(43)15(2)49-32-23(39)27(46)26(45)22(11-35)51-32/h3-4,14-29,31-33,40,42-46H,5-13,34-39H2,1-2H3,(H,41,47)/t14-,15+,16?,17?,18-,19+,20-,21+,22-,23+,24+,25-,26+,27+,28+,29+,31+,32-,33-/m0/s1. The second kappa shape index (κ2) is 20.6. The van der Waals surface area contributed by atoms with Crippen molar-refractivity contribution >= 4 is 5.91 Å². The zero-order valence-electron chi connectivity index (χ0n) is 30.5. The first-order valence-electron chi connectivity index (χ1n) is 18.5. The maximum atomic E-state index is 12.9. The number of aliphatic hydroxyl groups is 5. The first kappa shape index (κ1) is 44.2. The Bertz CT molecular complexity index is 1140. The maximum Gasteiger partial charge on any atom is 0.224 e. The average Bonchev–Trinajstić information content (AvgIpc) is 3.12. The lowest BCUT2D eigenvalue weighted by atomic mass is 9.81. The van der Waals surface area contributed by atoms with Crippen LogP contribution in [0.5, 0.6) is 0 Å². The number of carbonyl (C=O) groups is 1. The summed E-state index contributed by atoms with van der Waals surface area (Å²) in [5, 5.41) is 59.7. The summed E-state index contributed by atoms with van der Waals surface area (Å²) in [4.78, 5) is 12.9. The van der Waals surface area contributed by atoms with E-state index in [1.807, 2.05) is 6.08 Å². The molecule has 0 spiro atoms. The smallest absolute Gasteiger partial charge is 0.224 e. The van der Waals surface area contributed by atoms with E-state index in [9.17, 15) is 30.3 Å². The van der Waals surface area contributed by atoms with E-state index in [4.69, 9.17) is 62.8 Å². The Morgan fingerprint density at radius 1 is 0.925 bits per heavy atom. The molecule has 4 rings (SSSR count). The van der Waals surface area contributed by atoms with E-state index in [2.05, 4.69) is 10.6 Å². The third kappa shape index (κ3) is 11.5. The van der Waals surface area contributed by atoms with Crippen molar-refractivity contribution in [1.29, 1.82) is 0 Å². The number of rotatable bonds is 19. The Labute approximate surface area is 310 Å². The van der Waals surface area contributed by atoms with Crippen molar-refractivity contribution in [2.75, 3.05) is 39.4 Å². The van der Waals surface area contributed by atoms with Gasteiger partial charge in [0.2, 0.25) is 5.91 Å². The lowest BCUT2D eigenvalue weighted by molar-refractivity contribution is -0.313. The highest BCUT2D eigenvalue weighted by Gasteiger charge is 2.50. The Kier molecular flexibility index (Phi) is 17.2. The highest BCUT2D eigenvalue weighted by atomic mass is 16.7. The SMILES string of the molecule is C[C@@H](CN)C(=O)N[C@@H]1C[C@H](N)[C@@H](O[C@H]2O[C@H](CNCC3CC(N)C3)C=C[C@H]2N)[C@H](O[C@H](OCCO)[C@H](O)[C@@H](C)O[C@H]2O[C@@H](CN)[C@@H](O)[C@H](O)[C@H]2N)[C@H]1O. The molecule has 0 aromatic rings. The van der Waals surface area contributed by atoms with Crippen molar-refractivity contribution in [3.8, 4) is 0 Å². The minimum absolute atomic E-state index is 0.0680. The highest BCUT2D eigenvalue weighted by Crippen LogP contribution is 2.31. The van der Waals surface area contributed by atoms with Gasteiger partial charge < -0.3 is 99.0 Å². The third-order valence-electron chi connectivity index (χ3n) is 10.4. The first-order valence-corrected chi connectivity index (χ1v) is 18.5. The molecular weight excluding hydrogens is 700 g/mol. The van der Waals surface area contributed by atoms with Gasteiger partial charge in [-0.1, -0.05) is 19.1 Å². The molecule has 1 amide bonds. The zero-order chi connectivity index (χ0) is 39.0. The summed E-state index contributed by atoms with van der Waals surface area (Å²) in [7, 11) is 0. The van der Waals surface area contributed by atoms with E-state index < -0.39 is 116 Å². The molecule has 20 nitrogen and oxygen atoms in total. The van der Waals surface area contributed by atoms with Crippen LogP contribution in [-0.2, 0) is 33.2 Å². The van der Waals surface area contributed by atoms with E-state index in [-0.39, 0.29) is 32.2 Å². The Morgan fingerprint density at radius 3 is 2.28 bits per heavy atom. The van der Waals surface area contributed by atoms with Crippen LogP contribution in [0.1, 0.15) is 33.1 Å². The maximum absolute atomic E-state index is 12.9. The molecule has 53 heavy (non-hydrogen) atoms. The van der Waals surface area contributed by atoms with Crippen molar-refractivity contribution in [1.82, 2.24) is 10.6 Å². The lowest BCUT2D eigenvalue weighted by Gasteiger charge is -2.47. The molecule has 20 heteroatoms. The second-order valence-corrected chi connectivity index (χ2v) is 14.7. The number of carbonyl (C=O) groups excluding carboxylic acids is 1. The van der Waals surface area contributed by atoms with E-state index in [1.54, 1.807) is 13.0 Å². The normalized spacial score (nSPS) is 41.3. The molecular formula is C33H64N8O12.